The lowest BCUT2D eigenvalue weighted by molar-refractivity contribution is -0.127. The van der Waals surface area contributed by atoms with Crippen molar-refractivity contribution in [2.75, 3.05) is 6.54 Å². The molecule has 6 N–H and O–H groups in total. The van der Waals surface area contributed by atoms with Gasteiger partial charge in [0.25, 0.3) is 0 Å². The average molecular weight is 464 g/mol. The Hall–Kier alpha value is -3.88. The Kier molecular flexibility index (Phi) is 7.10. The summed E-state index contributed by atoms with van der Waals surface area (Å²) in [6.07, 6.45) is 2.60. The van der Waals surface area contributed by atoms with E-state index in [0.717, 1.165) is 36.8 Å². The number of aromatic amines is 1. The van der Waals surface area contributed by atoms with Crippen LogP contribution in [0.4, 0.5) is 4.79 Å². The van der Waals surface area contributed by atoms with Gasteiger partial charge in [0.05, 0.1) is 17.1 Å². The highest BCUT2D eigenvalue weighted by molar-refractivity contribution is 5.96. The number of amides is 3. The number of H-pyrrole nitrogens is 1. The Balaban J connectivity index is 1.49. The second-order valence-corrected chi connectivity index (χ2v) is 8.87. The molecule has 178 valence electrons. The molecule has 0 spiro atoms. The lowest BCUT2D eigenvalue weighted by Gasteiger charge is -2.29. The van der Waals surface area contributed by atoms with E-state index in [4.69, 9.17) is 10.8 Å². The molecule has 0 saturated heterocycles. The molecule has 0 unspecified atom stereocenters. The molecule has 3 amide bonds. The molecule has 0 aliphatic heterocycles. The van der Waals surface area contributed by atoms with Crippen LogP contribution in [0.25, 0.3) is 11.0 Å². The first kappa shape index (κ1) is 23.3. The molecule has 34 heavy (non-hydrogen) atoms. The van der Waals surface area contributed by atoms with Gasteiger partial charge in [-0.25, -0.2) is 9.78 Å². The van der Waals surface area contributed by atoms with Crippen molar-refractivity contribution in [1.29, 1.82) is 0 Å². The van der Waals surface area contributed by atoms with Gasteiger partial charge in [-0.3, -0.25) is 9.59 Å². The molecular formula is C25H29N5O4. The number of hydrogen-bond acceptors (Lipinski definition) is 4. The maximum Gasteiger partial charge on any atom is 0.404 e. The molecule has 9 heteroatoms. The van der Waals surface area contributed by atoms with Crippen LogP contribution in [0.15, 0.2) is 48.5 Å². The van der Waals surface area contributed by atoms with E-state index in [1.807, 2.05) is 30.3 Å². The number of carbonyl (C=O) groups is 3. The number of aromatic nitrogens is 2. The van der Waals surface area contributed by atoms with Gasteiger partial charge in [0.2, 0.25) is 11.8 Å². The van der Waals surface area contributed by atoms with E-state index in [-0.39, 0.29) is 23.8 Å². The minimum atomic E-state index is -1.02. The Morgan fingerprint density at radius 3 is 2.50 bits per heavy atom. The van der Waals surface area contributed by atoms with Crippen LogP contribution in [0.1, 0.15) is 53.5 Å². The molecule has 0 bridgehead atoms. The summed E-state index contributed by atoms with van der Waals surface area (Å²) in [4.78, 5) is 43.4. The number of hydrogen-bond donors (Lipinski definition) is 5. The van der Waals surface area contributed by atoms with Gasteiger partial charge in [-0.05, 0) is 61.8 Å². The summed E-state index contributed by atoms with van der Waals surface area (Å²) in [5.41, 5.74) is 8.22. The second kappa shape index (κ2) is 10.4. The van der Waals surface area contributed by atoms with Crippen molar-refractivity contribution in [2.45, 2.75) is 38.1 Å². The van der Waals surface area contributed by atoms with E-state index in [2.05, 4.69) is 20.6 Å². The number of primary amides is 1. The van der Waals surface area contributed by atoms with Crippen molar-refractivity contribution >= 4 is 28.9 Å². The fourth-order valence-corrected chi connectivity index (χ4v) is 4.56. The third kappa shape index (κ3) is 5.72. The Morgan fingerprint density at radius 1 is 1.09 bits per heavy atom. The predicted octanol–water partition coefficient (Wildman–Crippen LogP) is 3.14. The molecule has 0 radical (unpaired) electrons. The highest BCUT2D eigenvalue weighted by Gasteiger charge is 2.29. The molecule has 3 aromatic rings. The zero-order valence-corrected chi connectivity index (χ0v) is 18.8. The summed E-state index contributed by atoms with van der Waals surface area (Å²) < 4.78 is 0. The maximum atomic E-state index is 13.2. The molecule has 1 fully saturated rings. The molecule has 1 aliphatic carbocycles. The summed E-state index contributed by atoms with van der Waals surface area (Å²) in [6.45, 7) is 0.423. The van der Waals surface area contributed by atoms with E-state index in [1.165, 1.54) is 0 Å². The molecule has 2 aromatic carbocycles. The number of imidazole rings is 1. The minimum Gasteiger partial charge on any atom is -0.465 e. The molecule has 1 heterocycles. The first-order valence-electron chi connectivity index (χ1n) is 11.5. The topological polar surface area (TPSA) is 150 Å². The van der Waals surface area contributed by atoms with Gasteiger partial charge in [0.1, 0.15) is 5.82 Å². The van der Waals surface area contributed by atoms with Gasteiger partial charge in [-0.1, -0.05) is 30.3 Å². The van der Waals surface area contributed by atoms with Crippen molar-refractivity contribution in [3.05, 3.63) is 65.5 Å². The normalized spacial score (nSPS) is 18.8. The molecular weight excluding hydrogens is 434 g/mol. The number of benzene rings is 2. The Bertz CT molecular complexity index is 1170. The molecule has 1 aromatic heterocycles. The lowest BCUT2D eigenvalue weighted by Crippen LogP contribution is -2.38. The van der Waals surface area contributed by atoms with Crippen molar-refractivity contribution in [1.82, 2.24) is 20.6 Å². The summed E-state index contributed by atoms with van der Waals surface area (Å²) >= 11 is 0. The van der Waals surface area contributed by atoms with Crippen LogP contribution in [-0.4, -0.2) is 39.5 Å². The maximum absolute atomic E-state index is 13.2. The number of rotatable bonds is 8. The summed E-state index contributed by atoms with van der Waals surface area (Å²) in [6, 6.07) is 14.6. The van der Waals surface area contributed by atoms with Gasteiger partial charge < -0.3 is 26.5 Å². The lowest BCUT2D eigenvalue weighted by atomic mass is 9.81. The van der Waals surface area contributed by atoms with E-state index < -0.39 is 12.0 Å². The zero-order chi connectivity index (χ0) is 24.1. The first-order valence-corrected chi connectivity index (χ1v) is 11.5. The number of carboxylic acid groups (broad SMARTS) is 1. The standard InChI is InChI=1S/C25H29N5O4/c26-22(31)18-10-11-19-20(13-18)29-23(28-19)21(12-15-4-2-1-3-5-15)30-24(32)17-8-6-16(7-9-17)14-27-25(33)34/h1-5,10-11,13,16-17,21,27H,6-9,12,14H2,(H2,26,31)(H,28,29)(H,30,32)(H,33,34)/t16-,17-,21-/m0/s1. The summed E-state index contributed by atoms with van der Waals surface area (Å²) in [7, 11) is 0. The van der Waals surface area contributed by atoms with Crippen LogP contribution in [0.5, 0.6) is 0 Å². The molecule has 9 nitrogen and oxygen atoms in total. The van der Waals surface area contributed by atoms with Gasteiger partial charge in [-0.2, -0.15) is 0 Å². The van der Waals surface area contributed by atoms with Crippen LogP contribution in [0, 0.1) is 11.8 Å². The molecule has 1 saturated carbocycles. The molecule has 1 aliphatic rings. The van der Waals surface area contributed by atoms with E-state index >= 15 is 0 Å². The van der Waals surface area contributed by atoms with Gasteiger partial charge in [-0.15, -0.1) is 0 Å². The Labute approximate surface area is 197 Å². The molecule has 1 atom stereocenters. The zero-order valence-electron chi connectivity index (χ0n) is 18.8. The van der Waals surface area contributed by atoms with Crippen molar-refractivity contribution < 1.29 is 19.5 Å². The first-order chi connectivity index (χ1) is 16.4. The van der Waals surface area contributed by atoms with E-state index in [0.29, 0.717) is 29.9 Å². The number of nitrogens with one attached hydrogen (secondary N) is 3. The smallest absolute Gasteiger partial charge is 0.404 e. The highest BCUT2D eigenvalue weighted by atomic mass is 16.4. The fourth-order valence-electron chi connectivity index (χ4n) is 4.56. The predicted molar refractivity (Wildman–Crippen MR) is 127 cm³/mol. The van der Waals surface area contributed by atoms with Crippen LogP contribution < -0.4 is 16.4 Å². The number of fused-ring (bicyclic) bond motifs is 1. The van der Waals surface area contributed by atoms with Crippen LogP contribution >= 0.6 is 0 Å². The fraction of sp³-hybridized carbons (Fsp3) is 0.360. The van der Waals surface area contributed by atoms with Gasteiger partial charge in [0.15, 0.2) is 0 Å². The van der Waals surface area contributed by atoms with Crippen molar-refractivity contribution in [2.24, 2.45) is 17.6 Å². The average Bonchev–Trinajstić information content (AvgIpc) is 3.26. The third-order valence-electron chi connectivity index (χ3n) is 6.47. The quantitative estimate of drug-likeness (QED) is 0.348. The molecule has 4 rings (SSSR count). The summed E-state index contributed by atoms with van der Waals surface area (Å²) in [5, 5.41) is 14.4. The summed E-state index contributed by atoms with van der Waals surface area (Å²) in [5.74, 6) is 0.215. The highest BCUT2D eigenvalue weighted by Crippen LogP contribution is 2.30. The monoisotopic (exact) mass is 463 g/mol. The van der Waals surface area contributed by atoms with Crippen LogP contribution in [-0.2, 0) is 11.2 Å². The van der Waals surface area contributed by atoms with Crippen molar-refractivity contribution in [3.8, 4) is 0 Å². The SMILES string of the molecule is NC(=O)c1ccc2[nH]c([C@H](Cc3ccccc3)NC(=O)[C@H]3CC[C@H](CNC(=O)O)CC3)nc2c1. The minimum absolute atomic E-state index is 0.0242. The Morgan fingerprint density at radius 2 is 1.82 bits per heavy atom. The third-order valence-corrected chi connectivity index (χ3v) is 6.47. The number of nitrogens with two attached hydrogens (primary N) is 1. The second-order valence-electron chi connectivity index (χ2n) is 8.87. The number of carbonyl (C=O) groups excluding carboxylic acids is 2. The van der Waals surface area contributed by atoms with Gasteiger partial charge in [0, 0.05) is 18.0 Å². The van der Waals surface area contributed by atoms with Gasteiger partial charge >= 0.3 is 6.09 Å². The van der Waals surface area contributed by atoms with Crippen molar-refractivity contribution in [3.63, 3.8) is 0 Å². The van der Waals surface area contributed by atoms with E-state index in [9.17, 15) is 14.4 Å². The van der Waals surface area contributed by atoms with Crippen LogP contribution in [0.3, 0.4) is 0 Å². The van der Waals surface area contributed by atoms with Crippen LogP contribution in [0.2, 0.25) is 0 Å². The number of nitrogens with zero attached hydrogens (tertiary/aromatic N) is 1. The van der Waals surface area contributed by atoms with E-state index in [1.54, 1.807) is 18.2 Å². The largest absolute Gasteiger partial charge is 0.465 e.